The lowest BCUT2D eigenvalue weighted by molar-refractivity contribution is -0.0214. The lowest BCUT2D eigenvalue weighted by Gasteiger charge is -2.48. The summed E-state index contributed by atoms with van der Waals surface area (Å²) in [7, 11) is 0. The smallest absolute Gasteiger partial charge is 0.0490 e. The molecular weight excluding hydrogens is 220 g/mol. The number of aliphatic hydroxyl groups excluding tert-OH is 1. The Morgan fingerprint density at radius 2 is 1.50 bits per heavy atom. The first-order valence-electron chi connectivity index (χ1n) is 8.09. The van der Waals surface area contributed by atoms with Gasteiger partial charge in [-0.25, -0.2) is 0 Å². The number of hydrogen-bond acceptors (Lipinski definition) is 1. The van der Waals surface area contributed by atoms with Crippen LogP contribution in [-0.2, 0) is 0 Å². The highest BCUT2D eigenvalue weighted by Crippen LogP contribution is 2.52. The molecule has 0 aromatic carbocycles. The molecule has 18 heavy (non-hydrogen) atoms. The Labute approximate surface area is 113 Å². The SMILES string of the molecule is CC(C)(C)C1CCC(CO)(C2CCCCC2)CC1. The van der Waals surface area contributed by atoms with Crippen LogP contribution in [0.3, 0.4) is 0 Å². The summed E-state index contributed by atoms with van der Waals surface area (Å²) in [4.78, 5) is 0. The van der Waals surface area contributed by atoms with Gasteiger partial charge in [-0.05, 0) is 61.2 Å². The van der Waals surface area contributed by atoms with Gasteiger partial charge in [0.1, 0.15) is 0 Å². The first kappa shape index (κ1) is 14.4. The minimum atomic E-state index is 0.294. The highest BCUT2D eigenvalue weighted by Gasteiger charge is 2.43. The molecule has 2 fully saturated rings. The molecule has 2 saturated carbocycles. The van der Waals surface area contributed by atoms with E-state index in [1.807, 2.05) is 0 Å². The summed E-state index contributed by atoms with van der Waals surface area (Å²) < 4.78 is 0. The van der Waals surface area contributed by atoms with Crippen molar-refractivity contribution in [3.05, 3.63) is 0 Å². The average Bonchev–Trinajstić information content (AvgIpc) is 2.39. The summed E-state index contributed by atoms with van der Waals surface area (Å²) in [6.07, 6.45) is 12.2. The average molecular weight is 252 g/mol. The lowest BCUT2D eigenvalue weighted by Crippen LogP contribution is -2.41. The van der Waals surface area contributed by atoms with Gasteiger partial charge in [-0.1, -0.05) is 40.0 Å². The van der Waals surface area contributed by atoms with Crippen molar-refractivity contribution in [2.45, 2.75) is 78.6 Å². The van der Waals surface area contributed by atoms with Crippen LogP contribution < -0.4 is 0 Å². The molecule has 1 nitrogen and oxygen atoms in total. The van der Waals surface area contributed by atoms with Crippen molar-refractivity contribution in [1.29, 1.82) is 0 Å². The van der Waals surface area contributed by atoms with Crippen molar-refractivity contribution in [3.63, 3.8) is 0 Å². The fraction of sp³-hybridized carbons (Fsp3) is 1.00. The monoisotopic (exact) mass is 252 g/mol. The Bertz CT molecular complexity index is 249. The first-order valence-corrected chi connectivity index (χ1v) is 8.09. The number of aliphatic hydroxyl groups is 1. The van der Waals surface area contributed by atoms with Crippen LogP contribution in [0.25, 0.3) is 0 Å². The standard InChI is InChI=1S/C17H32O/c1-16(2,3)14-9-11-17(13-18,12-10-14)15-7-5-4-6-8-15/h14-15,18H,4-13H2,1-3H3. The molecule has 106 valence electrons. The predicted molar refractivity (Wildman–Crippen MR) is 77.5 cm³/mol. The van der Waals surface area contributed by atoms with E-state index < -0.39 is 0 Å². The third kappa shape index (κ3) is 2.92. The second-order valence-corrected chi connectivity index (χ2v) is 8.00. The predicted octanol–water partition coefficient (Wildman–Crippen LogP) is 4.78. The molecule has 0 aromatic rings. The molecule has 0 saturated heterocycles. The van der Waals surface area contributed by atoms with Crippen LogP contribution >= 0.6 is 0 Å². The van der Waals surface area contributed by atoms with Gasteiger partial charge in [0.25, 0.3) is 0 Å². The van der Waals surface area contributed by atoms with Crippen LogP contribution in [0.4, 0.5) is 0 Å². The van der Waals surface area contributed by atoms with Crippen molar-refractivity contribution >= 4 is 0 Å². The van der Waals surface area contributed by atoms with Crippen molar-refractivity contribution in [1.82, 2.24) is 0 Å². The van der Waals surface area contributed by atoms with E-state index in [2.05, 4.69) is 20.8 Å². The minimum Gasteiger partial charge on any atom is -0.396 e. The van der Waals surface area contributed by atoms with Gasteiger partial charge < -0.3 is 5.11 Å². The highest BCUT2D eigenvalue weighted by molar-refractivity contribution is 4.93. The van der Waals surface area contributed by atoms with Crippen LogP contribution in [0, 0.1) is 22.7 Å². The zero-order chi connectivity index (χ0) is 13.2. The third-order valence-electron chi connectivity index (χ3n) is 5.99. The second kappa shape index (κ2) is 5.53. The maximum Gasteiger partial charge on any atom is 0.0490 e. The van der Waals surface area contributed by atoms with E-state index >= 15 is 0 Å². The van der Waals surface area contributed by atoms with Crippen LogP contribution in [0.1, 0.15) is 78.6 Å². The van der Waals surface area contributed by atoms with E-state index in [1.165, 1.54) is 57.8 Å². The van der Waals surface area contributed by atoms with Crippen LogP contribution in [0.15, 0.2) is 0 Å². The largest absolute Gasteiger partial charge is 0.396 e. The fourth-order valence-electron chi connectivity index (χ4n) is 4.47. The Kier molecular flexibility index (Phi) is 4.41. The first-order chi connectivity index (χ1) is 8.48. The second-order valence-electron chi connectivity index (χ2n) is 8.00. The summed E-state index contributed by atoms with van der Waals surface area (Å²) >= 11 is 0. The summed E-state index contributed by atoms with van der Waals surface area (Å²) in [5, 5.41) is 9.98. The molecule has 0 aromatic heterocycles. The zero-order valence-electron chi connectivity index (χ0n) is 12.7. The Hall–Kier alpha value is -0.0400. The molecule has 1 heteroatoms. The Balaban J connectivity index is 1.99. The Morgan fingerprint density at radius 3 is 1.94 bits per heavy atom. The molecule has 2 rings (SSSR count). The summed E-state index contributed by atoms with van der Waals surface area (Å²) in [5.41, 5.74) is 0.746. The molecule has 0 aliphatic heterocycles. The topological polar surface area (TPSA) is 20.2 Å². The van der Waals surface area contributed by atoms with E-state index in [4.69, 9.17) is 0 Å². The molecular formula is C17H32O. The van der Waals surface area contributed by atoms with Crippen molar-refractivity contribution in [2.75, 3.05) is 6.61 Å². The van der Waals surface area contributed by atoms with Crippen molar-refractivity contribution < 1.29 is 5.11 Å². The van der Waals surface area contributed by atoms with Gasteiger partial charge in [0.05, 0.1) is 0 Å². The van der Waals surface area contributed by atoms with Gasteiger partial charge >= 0.3 is 0 Å². The molecule has 2 aliphatic rings. The molecule has 0 bridgehead atoms. The molecule has 0 spiro atoms. The van der Waals surface area contributed by atoms with E-state index in [9.17, 15) is 5.11 Å². The third-order valence-corrected chi connectivity index (χ3v) is 5.99. The van der Waals surface area contributed by atoms with Crippen LogP contribution in [0.5, 0.6) is 0 Å². The van der Waals surface area contributed by atoms with Crippen LogP contribution in [0.2, 0.25) is 0 Å². The quantitative estimate of drug-likeness (QED) is 0.749. The van der Waals surface area contributed by atoms with Gasteiger partial charge in [0, 0.05) is 6.61 Å². The molecule has 0 heterocycles. The molecule has 2 aliphatic carbocycles. The van der Waals surface area contributed by atoms with Crippen molar-refractivity contribution in [2.24, 2.45) is 22.7 Å². The lowest BCUT2D eigenvalue weighted by atomic mass is 9.58. The van der Waals surface area contributed by atoms with E-state index in [1.54, 1.807) is 0 Å². The zero-order valence-corrected chi connectivity index (χ0v) is 12.7. The van der Waals surface area contributed by atoms with Crippen molar-refractivity contribution in [3.8, 4) is 0 Å². The molecule has 0 amide bonds. The van der Waals surface area contributed by atoms with Gasteiger partial charge in [-0.2, -0.15) is 0 Å². The minimum absolute atomic E-state index is 0.294. The maximum absolute atomic E-state index is 9.98. The normalized spacial score (nSPS) is 35.7. The number of hydrogen-bond donors (Lipinski definition) is 1. The van der Waals surface area contributed by atoms with Gasteiger partial charge in [0.15, 0.2) is 0 Å². The maximum atomic E-state index is 9.98. The summed E-state index contributed by atoms with van der Waals surface area (Å²) in [5.74, 6) is 1.68. The van der Waals surface area contributed by atoms with Gasteiger partial charge in [0.2, 0.25) is 0 Å². The summed E-state index contributed by atoms with van der Waals surface area (Å²) in [6, 6.07) is 0. The molecule has 0 radical (unpaired) electrons. The van der Waals surface area contributed by atoms with Crippen LogP contribution in [-0.4, -0.2) is 11.7 Å². The van der Waals surface area contributed by atoms with Gasteiger partial charge in [-0.3, -0.25) is 0 Å². The number of rotatable bonds is 2. The highest BCUT2D eigenvalue weighted by atomic mass is 16.3. The molecule has 0 atom stereocenters. The fourth-order valence-corrected chi connectivity index (χ4v) is 4.47. The van der Waals surface area contributed by atoms with Gasteiger partial charge in [-0.15, -0.1) is 0 Å². The summed E-state index contributed by atoms with van der Waals surface area (Å²) in [6.45, 7) is 7.58. The Morgan fingerprint density at radius 1 is 0.944 bits per heavy atom. The molecule has 0 unspecified atom stereocenters. The van der Waals surface area contributed by atoms with E-state index in [-0.39, 0.29) is 0 Å². The molecule has 1 N–H and O–H groups in total. The van der Waals surface area contributed by atoms with E-state index in [0.29, 0.717) is 17.4 Å². The van der Waals surface area contributed by atoms with E-state index in [0.717, 1.165) is 11.8 Å².